The van der Waals surface area contributed by atoms with Gasteiger partial charge < -0.3 is 4.90 Å². The van der Waals surface area contributed by atoms with Crippen LogP contribution in [0.25, 0.3) is 0 Å². The van der Waals surface area contributed by atoms with Crippen LogP contribution in [0, 0.1) is 0 Å². The minimum Gasteiger partial charge on any atom is -0.312 e. The Kier molecular flexibility index (Phi) is 3.86. The summed E-state index contributed by atoms with van der Waals surface area (Å²) in [5, 5.41) is 3.58. The van der Waals surface area contributed by atoms with Crippen LogP contribution >= 0.6 is 0 Å². The van der Waals surface area contributed by atoms with E-state index in [4.69, 9.17) is 0 Å². The number of nitrogens with zero attached hydrogens (tertiary/aromatic N) is 3. The van der Waals surface area contributed by atoms with E-state index in [2.05, 4.69) is 0 Å². The summed E-state index contributed by atoms with van der Waals surface area (Å²) < 4.78 is 0. The number of amides is 2. The third-order valence-electron chi connectivity index (χ3n) is 4.75. The molecule has 2 aromatic rings. The minimum atomic E-state index is -0.230. The molecule has 1 saturated heterocycles. The molecule has 2 aliphatic rings. The molecular formula is C20H19N3O2. The molecule has 126 valence electrons. The number of hydrazine groups is 1. The van der Waals surface area contributed by atoms with Crippen molar-refractivity contribution in [3.05, 3.63) is 78.0 Å². The van der Waals surface area contributed by atoms with Crippen molar-refractivity contribution in [2.45, 2.75) is 12.5 Å². The number of carbonyl (C=O) groups excluding carboxylic acids is 2. The van der Waals surface area contributed by atoms with Crippen LogP contribution in [0.1, 0.15) is 18.0 Å². The fourth-order valence-corrected chi connectivity index (χ4v) is 3.46. The van der Waals surface area contributed by atoms with E-state index >= 15 is 0 Å². The van der Waals surface area contributed by atoms with Gasteiger partial charge in [-0.2, -0.15) is 0 Å². The van der Waals surface area contributed by atoms with Gasteiger partial charge in [-0.1, -0.05) is 48.5 Å². The molecule has 2 aliphatic heterocycles. The lowest BCUT2D eigenvalue weighted by Gasteiger charge is -2.27. The SMILES string of the molecule is CN(C(=O)C1=CN2C(=O)CCN2[C@@H]1c1ccccc1)c1ccccc1. The molecule has 5 heteroatoms. The van der Waals surface area contributed by atoms with E-state index < -0.39 is 0 Å². The smallest absolute Gasteiger partial charge is 0.257 e. The van der Waals surface area contributed by atoms with Gasteiger partial charge in [-0.3, -0.25) is 9.59 Å². The van der Waals surface area contributed by atoms with Crippen LogP contribution in [0.4, 0.5) is 5.69 Å². The minimum absolute atomic E-state index is 0.0334. The van der Waals surface area contributed by atoms with Crippen LogP contribution in [0.2, 0.25) is 0 Å². The van der Waals surface area contributed by atoms with Crippen LogP contribution in [0.15, 0.2) is 72.4 Å². The molecule has 0 aromatic heterocycles. The van der Waals surface area contributed by atoms with Crippen molar-refractivity contribution in [2.24, 2.45) is 0 Å². The first-order valence-corrected chi connectivity index (χ1v) is 8.35. The van der Waals surface area contributed by atoms with E-state index in [1.165, 1.54) is 0 Å². The predicted octanol–water partition coefficient (Wildman–Crippen LogP) is 2.74. The Balaban J connectivity index is 1.72. The Morgan fingerprint density at radius 3 is 2.36 bits per heavy atom. The summed E-state index contributed by atoms with van der Waals surface area (Å²) in [4.78, 5) is 27.0. The fourth-order valence-electron chi connectivity index (χ4n) is 3.46. The van der Waals surface area contributed by atoms with Crippen LogP contribution in [0.5, 0.6) is 0 Å². The molecule has 1 atom stereocenters. The average molecular weight is 333 g/mol. The maximum atomic E-state index is 13.2. The van der Waals surface area contributed by atoms with E-state index in [1.54, 1.807) is 23.2 Å². The van der Waals surface area contributed by atoms with E-state index in [9.17, 15) is 9.59 Å². The van der Waals surface area contributed by atoms with E-state index in [0.717, 1.165) is 11.3 Å². The normalized spacial score (nSPS) is 19.7. The Labute approximate surface area is 146 Å². The quantitative estimate of drug-likeness (QED) is 0.867. The third-order valence-corrected chi connectivity index (χ3v) is 4.75. The lowest BCUT2D eigenvalue weighted by atomic mass is 9.98. The van der Waals surface area contributed by atoms with Crippen LogP contribution in [0.3, 0.4) is 0 Å². The number of para-hydroxylation sites is 1. The van der Waals surface area contributed by atoms with Gasteiger partial charge in [0.05, 0.1) is 11.6 Å². The fraction of sp³-hybridized carbons (Fsp3) is 0.200. The molecule has 0 unspecified atom stereocenters. The van der Waals surface area contributed by atoms with E-state index in [0.29, 0.717) is 18.5 Å². The summed E-state index contributed by atoms with van der Waals surface area (Å²) in [5.74, 6) is -0.0617. The number of hydrogen-bond acceptors (Lipinski definition) is 3. The molecule has 1 fully saturated rings. The molecule has 0 bridgehead atoms. The van der Waals surface area contributed by atoms with Gasteiger partial charge in [-0.25, -0.2) is 10.0 Å². The molecular weight excluding hydrogens is 314 g/mol. The molecule has 0 N–H and O–H groups in total. The second kappa shape index (κ2) is 6.18. The van der Waals surface area contributed by atoms with Gasteiger partial charge in [0, 0.05) is 31.9 Å². The van der Waals surface area contributed by atoms with Crippen molar-refractivity contribution >= 4 is 17.5 Å². The van der Waals surface area contributed by atoms with Gasteiger partial charge in [0.1, 0.15) is 0 Å². The summed E-state index contributed by atoms with van der Waals surface area (Å²) in [5.41, 5.74) is 2.46. The number of hydrogen-bond donors (Lipinski definition) is 0. The van der Waals surface area contributed by atoms with Crippen LogP contribution < -0.4 is 4.90 Å². The lowest BCUT2D eigenvalue weighted by molar-refractivity contribution is -0.132. The molecule has 25 heavy (non-hydrogen) atoms. The predicted molar refractivity (Wildman–Crippen MR) is 95.3 cm³/mol. The van der Waals surface area contributed by atoms with Gasteiger partial charge in [0.25, 0.3) is 5.91 Å². The topological polar surface area (TPSA) is 43.9 Å². The molecule has 2 amide bonds. The van der Waals surface area contributed by atoms with Crippen molar-refractivity contribution in [1.29, 1.82) is 0 Å². The Hall–Kier alpha value is -2.92. The largest absolute Gasteiger partial charge is 0.312 e. The Morgan fingerprint density at radius 2 is 1.68 bits per heavy atom. The molecule has 0 radical (unpaired) electrons. The maximum Gasteiger partial charge on any atom is 0.257 e. The number of anilines is 1. The molecule has 0 aliphatic carbocycles. The first-order chi connectivity index (χ1) is 12.2. The van der Waals surface area contributed by atoms with Gasteiger partial charge in [0.15, 0.2) is 0 Å². The first-order valence-electron chi connectivity index (χ1n) is 8.35. The number of likely N-dealkylation sites (N-methyl/N-ethyl adjacent to an activating group) is 1. The van der Waals surface area contributed by atoms with E-state index in [1.807, 2.05) is 65.7 Å². The second-order valence-corrected chi connectivity index (χ2v) is 6.25. The zero-order chi connectivity index (χ0) is 17.4. The summed E-state index contributed by atoms with van der Waals surface area (Å²) >= 11 is 0. The summed E-state index contributed by atoms with van der Waals surface area (Å²) in [6.45, 7) is 0.626. The van der Waals surface area contributed by atoms with Gasteiger partial charge in [-0.15, -0.1) is 0 Å². The highest BCUT2D eigenvalue weighted by Crippen LogP contribution is 2.40. The van der Waals surface area contributed by atoms with Crippen LogP contribution in [-0.2, 0) is 9.59 Å². The van der Waals surface area contributed by atoms with Crippen molar-refractivity contribution < 1.29 is 9.59 Å². The molecule has 2 heterocycles. The Bertz CT molecular complexity index is 833. The number of benzene rings is 2. The molecule has 5 nitrogen and oxygen atoms in total. The summed E-state index contributed by atoms with van der Waals surface area (Å²) in [6, 6.07) is 19.2. The monoisotopic (exact) mass is 333 g/mol. The number of rotatable bonds is 3. The molecule has 0 spiro atoms. The van der Waals surface area contributed by atoms with Gasteiger partial charge >= 0.3 is 0 Å². The highest BCUT2D eigenvalue weighted by molar-refractivity contribution is 6.07. The highest BCUT2D eigenvalue weighted by atomic mass is 16.2. The number of carbonyl (C=O) groups is 2. The summed E-state index contributed by atoms with van der Waals surface area (Å²) in [6.07, 6.45) is 2.19. The highest BCUT2D eigenvalue weighted by Gasteiger charge is 2.44. The molecule has 0 saturated carbocycles. The van der Waals surface area contributed by atoms with Crippen molar-refractivity contribution in [3.8, 4) is 0 Å². The van der Waals surface area contributed by atoms with Crippen molar-refractivity contribution in [3.63, 3.8) is 0 Å². The number of fused-ring (bicyclic) bond motifs is 1. The zero-order valence-corrected chi connectivity index (χ0v) is 14.0. The second-order valence-electron chi connectivity index (χ2n) is 6.25. The lowest BCUT2D eigenvalue weighted by Crippen LogP contribution is -2.35. The maximum absolute atomic E-state index is 13.2. The standard InChI is InChI=1S/C20H19N3O2/c1-21(16-10-6-3-7-11-16)20(25)17-14-23-18(24)12-13-22(23)19(17)15-8-4-2-5-9-15/h2-11,14,19H,12-13H2,1H3/t19-/m1/s1. The zero-order valence-electron chi connectivity index (χ0n) is 14.0. The Morgan fingerprint density at radius 1 is 1.04 bits per heavy atom. The van der Waals surface area contributed by atoms with Crippen LogP contribution in [-0.4, -0.2) is 35.4 Å². The first kappa shape index (κ1) is 15.6. The molecule has 4 rings (SSSR count). The van der Waals surface area contributed by atoms with Crippen molar-refractivity contribution in [1.82, 2.24) is 10.0 Å². The van der Waals surface area contributed by atoms with Gasteiger partial charge in [0.2, 0.25) is 5.91 Å². The van der Waals surface area contributed by atoms with E-state index in [-0.39, 0.29) is 17.9 Å². The summed E-state index contributed by atoms with van der Waals surface area (Å²) in [7, 11) is 1.77. The third kappa shape index (κ3) is 2.62. The van der Waals surface area contributed by atoms with Gasteiger partial charge in [-0.05, 0) is 17.7 Å². The van der Waals surface area contributed by atoms with Crippen molar-refractivity contribution in [2.75, 3.05) is 18.5 Å². The average Bonchev–Trinajstić information content (AvgIpc) is 3.22. The molecule has 2 aromatic carbocycles.